The number of ether oxygens (including phenoxy) is 1. The first-order valence-corrected chi connectivity index (χ1v) is 8.97. The molecule has 0 aliphatic rings. The topological polar surface area (TPSA) is 35.2 Å². The maximum atomic E-state index is 6.24. The molecule has 0 aliphatic carbocycles. The van der Waals surface area contributed by atoms with Gasteiger partial charge in [-0.1, -0.05) is 30.1 Å². The van der Waals surface area contributed by atoms with Crippen LogP contribution in [-0.4, -0.2) is 6.04 Å². The summed E-state index contributed by atoms with van der Waals surface area (Å²) < 4.78 is 6.85. The molecule has 0 amide bonds. The second-order valence-corrected chi connectivity index (χ2v) is 7.39. The number of hydrogen-bond donors (Lipinski definition) is 1. The summed E-state index contributed by atoms with van der Waals surface area (Å²) in [6.45, 7) is 4.10. The Morgan fingerprint density at radius 2 is 2.05 bits per heavy atom. The Morgan fingerprint density at radius 3 is 2.62 bits per heavy atom. The Morgan fingerprint density at radius 1 is 1.33 bits per heavy atom. The van der Waals surface area contributed by atoms with E-state index in [1.165, 1.54) is 5.56 Å². The first-order chi connectivity index (χ1) is 9.93. The van der Waals surface area contributed by atoms with Gasteiger partial charge in [0.2, 0.25) is 0 Å². The Kier molecular flexibility index (Phi) is 5.97. The van der Waals surface area contributed by atoms with E-state index < -0.39 is 0 Å². The van der Waals surface area contributed by atoms with Gasteiger partial charge in [0, 0.05) is 21.5 Å². The van der Waals surface area contributed by atoms with E-state index in [-0.39, 0.29) is 12.1 Å². The highest BCUT2D eigenvalue weighted by Crippen LogP contribution is 2.38. The van der Waals surface area contributed by atoms with Crippen LogP contribution in [0.1, 0.15) is 29.9 Å². The maximum Gasteiger partial charge on any atom is 0.148 e. The lowest BCUT2D eigenvalue weighted by atomic mass is 10.1. The molecular formula is C15H16BrCl2NOS. The molecular weight excluding hydrogens is 393 g/mol. The monoisotopic (exact) mass is 407 g/mol. The molecule has 0 radical (unpaired) electrons. The highest BCUT2D eigenvalue weighted by Gasteiger charge is 2.24. The standard InChI is InChI=1S/C15H16BrCl2NOS/c1-3-12(19)14(15-8(2)4-5-21-15)20-13-7-10(17)9(16)6-11(13)18/h4-7,12,14H,3,19H2,1-2H3. The summed E-state index contributed by atoms with van der Waals surface area (Å²) in [5.41, 5.74) is 7.41. The predicted molar refractivity (Wildman–Crippen MR) is 94.9 cm³/mol. The largest absolute Gasteiger partial charge is 0.482 e. The van der Waals surface area contributed by atoms with Gasteiger partial charge in [0.15, 0.2) is 0 Å². The van der Waals surface area contributed by atoms with Crippen molar-refractivity contribution < 1.29 is 4.74 Å². The van der Waals surface area contributed by atoms with Gasteiger partial charge in [-0.15, -0.1) is 11.3 Å². The molecule has 6 heteroatoms. The van der Waals surface area contributed by atoms with E-state index in [1.807, 2.05) is 12.3 Å². The molecule has 2 unspecified atom stereocenters. The van der Waals surface area contributed by atoms with Crippen molar-refractivity contribution >= 4 is 50.5 Å². The molecule has 0 spiro atoms. The van der Waals surface area contributed by atoms with Gasteiger partial charge >= 0.3 is 0 Å². The van der Waals surface area contributed by atoms with E-state index in [4.69, 9.17) is 33.7 Å². The van der Waals surface area contributed by atoms with E-state index in [0.29, 0.717) is 15.8 Å². The van der Waals surface area contributed by atoms with Gasteiger partial charge in [0.1, 0.15) is 11.9 Å². The summed E-state index contributed by atoms with van der Waals surface area (Å²) in [7, 11) is 0. The van der Waals surface area contributed by atoms with Crippen molar-refractivity contribution in [3.05, 3.63) is 48.5 Å². The second-order valence-electron chi connectivity index (χ2n) is 4.78. The van der Waals surface area contributed by atoms with Crippen molar-refractivity contribution in [3.8, 4) is 5.75 Å². The van der Waals surface area contributed by atoms with Gasteiger partial charge < -0.3 is 10.5 Å². The number of benzene rings is 1. The normalized spacial score (nSPS) is 14.0. The lowest BCUT2D eigenvalue weighted by Crippen LogP contribution is -2.31. The van der Waals surface area contributed by atoms with Crippen LogP contribution in [0.3, 0.4) is 0 Å². The minimum absolute atomic E-state index is 0.110. The molecule has 21 heavy (non-hydrogen) atoms. The van der Waals surface area contributed by atoms with Crippen LogP contribution in [0, 0.1) is 6.92 Å². The molecule has 2 rings (SSSR count). The number of rotatable bonds is 5. The van der Waals surface area contributed by atoms with E-state index >= 15 is 0 Å². The molecule has 114 valence electrons. The number of thiophene rings is 1. The maximum absolute atomic E-state index is 6.24. The number of nitrogens with two attached hydrogens (primary N) is 1. The van der Waals surface area contributed by atoms with E-state index in [1.54, 1.807) is 23.5 Å². The molecule has 1 aromatic heterocycles. The lowest BCUT2D eigenvalue weighted by Gasteiger charge is -2.25. The fourth-order valence-corrected chi connectivity index (χ4v) is 3.82. The summed E-state index contributed by atoms with van der Waals surface area (Å²) >= 11 is 17.4. The highest BCUT2D eigenvalue weighted by molar-refractivity contribution is 9.10. The zero-order valence-corrected chi connectivity index (χ0v) is 15.6. The van der Waals surface area contributed by atoms with Gasteiger partial charge in [0.05, 0.1) is 10.0 Å². The number of aryl methyl sites for hydroxylation is 1. The Bertz CT molecular complexity index is 632. The first kappa shape index (κ1) is 17.1. The number of halogens is 3. The van der Waals surface area contributed by atoms with E-state index in [9.17, 15) is 0 Å². The molecule has 1 heterocycles. The third kappa shape index (κ3) is 3.93. The lowest BCUT2D eigenvalue weighted by molar-refractivity contribution is 0.174. The average Bonchev–Trinajstić information content (AvgIpc) is 2.86. The average molecular weight is 409 g/mol. The highest BCUT2D eigenvalue weighted by atomic mass is 79.9. The minimum atomic E-state index is -0.232. The third-order valence-corrected chi connectivity index (χ3v) is 5.82. The molecule has 0 aliphatic heterocycles. The zero-order valence-electron chi connectivity index (χ0n) is 11.7. The van der Waals surface area contributed by atoms with Gasteiger partial charge in [-0.3, -0.25) is 0 Å². The SMILES string of the molecule is CCC(N)C(Oc1cc(Cl)c(Br)cc1Cl)c1sccc1C. The van der Waals surface area contributed by atoms with Crippen molar-refractivity contribution in [2.75, 3.05) is 0 Å². The van der Waals surface area contributed by atoms with Crippen LogP contribution in [-0.2, 0) is 0 Å². The van der Waals surface area contributed by atoms with Gasteiger partial charge in [-0.2, -0.15) is 0 Å². The molecule has 2 atom stereocenters. The Balaban J connectivity index is 2.36. The number of hydrogen-bond acceptors (Lipinski definition) is 3. The third-order valence-electron chi connectivity index (χ3n) is 3.25. The van der Waals surface area contributed by atoms with Crippen LogP contribution in [0.4, 0.5) is 0 Å². The molecule has 0 saturated heterocycles. The Labute approximate surface area is 147 Å². The van der Waals surface area contributed by atoms with Crippen LogP contribution in [0.25, 0.3) is 0 Å². The van der Waals surface area contributed by atoms with Crippen LogP contribution < -0.4 is 10.5 Å². The molecule has 0 bridgehead atoms. The minimum Gasteiger partial charge on any atom is -0.482 e. The van der Waals surface area contributed by atoms with E-state index in [0.717, 1.165) is 15.8 Å². The zero-order chi connectivity index (χ0) is 15.6. The summed E-state index contributed by atoms with van der Waals surface area (Å²) in [6.07, 6.45) is 0.578. The molecule has 0 saturated carbocycles. The molecule has 2 nitrogen and oxygen atoms in total. The van der Waals surface area contributed by atoms with Crippen molar-refractivity contribution in [1.82, 2.24) is 0 Å². The smallest absolute Gasteiger partial charge is 0.148 e. The van der Waals surface area contributed by atoms with Crippen LogP contribution >= 0.6 is 50.5 Å². The quantitative estimate of drug-likeness (QED) is 0.617. The summed E-state index contributed by atoms with van der Waals surface area (Å²) in [4.78, 5) is 1.12. The molecule has 0 fully saturated rings. The van der Waals surface area contributed by atoms with Crippen molar-refractivity contribution in [1.29, 1.82) is 0 Å². The van der Waals surface area contributed by atoms with Gasteiger partial charge in [0.25, 0.3) is 0 Å². The van der Waals surface area contributed by atoms with E-state index in [2.05, 4.69) is 28.9 Å². The summed E-state index contributed by atoms with van der Waals surface area (Å²) in [5, 5.41) is 3.11. The second kappa shape index (κ2) is 7.34. The fraction of sp³-hybridized carbons (Fsp3) is 0.333. The van der Waals surface area contributed by atoms with Crippen molar-refractivity contribution in [2.24, 2.45) is 5.73 Å². The molecule has 2 aromatic rings. The first-order valence-electron chi connectivity index (χ1n) is 6.54. The van der Waals surface area contributed by atoms with Gasteiger partial charge in [-0.25, -0.2) is 0 Å². The van der Waals surface area contributed by atoms with Crippen LogP contribution in [0.2, 0.25) is 10.0 Å². The van der Waals surface area contributed by atoms with Crippen molar-refractivity contribution in [3.63, 3.8) is 0 Å². The van der Waals surface area contributed by atoms with Crippen molar-refractivity contribution in [2.45, 2.75) is 32.4 Å². The van der Waals surface area contributed by atoms with Crippen LogP contribution in [0.15, 0.2) is 28.1 Å². The molecule has 1 aromatic carbocycles. The summed E-state index contributed by atoms with van der Waals surface area (Å²) in [6, 6.07) is 5.40. The van der Waals surface area contributed by atoms with Crippen LogP contribution in [0.5, 0.6) is 5.75 Å². The van der Waals surface area contributed by atoms with Gasteiger partial charge in [-0.05, 0) is 52.4 Å². The summed E-state index contributed by atoms with van der Waals surface area (Å²) in [5.74, 6) is 0.548. The molecule has 2 N–H and O–H groups in total. The fourth-order valence-electron chi connectivity index (χ4n) is 1.96. The Hall–Kier alpha value is -0.260. The predicted octanol–water partition coefficient (Wildman–Crippen LogP) is 5.98.